The average Bonchev–Trinajstić information content (AvgIpc) is 3.17. The molecule has 5 nitrogen and oxygen atoms in total. The van der Waals surface area contributed by atoms with Gasteiger partial charge in [-0.2, -0.15) is 0 Å². The molecule has 1 aliphatic heterocycles. The number of urea groups is 1. The van der Waals surface area contributed by atoms with E-state index in [1.165, 1.54) is 29.8 Å². The van der Waals surface area contributed by atoms with E-state index >= 15 is 0 Å². The lowest BCUT2D eigenvalue weighted by Gasteiger charge is -2.34. The molecule has 5 heteroatoms. The van der Waals surface area contributed by atoms with Crippen molar-refractivity contribution in [1.29, 1.82) is 0 Å². The molecule has 2 aromatic rings. The zero-order chi connectivity index (χ0) is 20.1. The van der Waals surface area contributed by atoms with Gasteiger partial charge >= 0.3 is 6.03 Å². The molecule has 1 fully saturated rings. The molecule has 154 valence electrons. The number of nitrogens with one attached hydrogen (secondary N) is 2. The molecule has 4 rings (SSSR count). The largest absolute Gasteiger partial charge is 0.334 e. The second-order valence-electron chi connectivity index (χ2n) is 8.14. The Morgan fingerprint density at radius 2 is 1.66 bits per heavy atom. The third-order valence-electron chi connectivity index (χ3n) is 6.23. The van der Waals surface area contributed by atoms with Crippen molar-refractivity contribution in [3.8, 4) is 0 Å². The third kappa shape index (κ3) is 5.17. The molecule has 2 aliphatic rings. The van der Waals surface area contributed by atoms with Crippen LogP contribution >= 0.6 is 0 Å². The van der Waals surface area contributed by atoms with E-state index in [0.29, 0.717) is 6.54 Å². The molecule has 0 radical (unpaired) electrons. The number of benzene rings is 2. The molecular weight excluding hydrogens is 360 g/mol. The van der Waals surface area contributed by atoms with Crippen molar-refractivity contribution < 1.29 is 4.79 Å². The van der Waals surface area contributed by atoms with Crippen LogP contribution in [0.15, 0.2) is 48.5 Å². The number of piperazine rings is 1. The van der Waals surface area contributed by atoms with E-state index in [9.17, 15) is 4.79 Å². The SMILES string of the molecule is CCN1CCN(Cc2ccc(CNC(=O)N[C@@H]3CCc4ccccc43)cc2)CC1. The minimum atomic E-state index is -0.0930. The highest BCUT2D eigenvalue weighted by atomic mass is 16.2. The first-order valence-electron chi connectivity index (χ1n) is 10.9. The van der Waals surface area contributed by atoms with Crippen molar-refractivity contribution >= 4 is 6.03 Å². The first kappa shape index (κ1) is 19.9. The van der Waals surface area contributed by atoms with Gasteiger partial charge in [0, 0.05) is 39.3 Å². The monoisotopic (exact) mass is 392 g/mol. The topological polar surface area (TPSA) is 47.6 Å². The van der Waals surface area contributed by atoms with Crippen molar-refractivity contribution in [2.24, 2.45) is 0 Å². The first-order chi connectivity index (χ1) is 14.2. The van der Waals surface area contributed by atoms with Crippen molar-refractivity contribution in [3.63, 3.8) is 0 Å². The predicted molar refractivity (Wildman–Crippen MR) is 117 cm³/mol. The lowest BCUT2D eigenvalue weighted by atomic mass is 10.1. The van der Waals surface area contributed by atoms with E-state index in [0.717, 1.165) is 44.6 Å². The summed E-state index contributed by atoms with van der Waals surface area (Å²) in [6.45, 7) is 9.55. The van der Waals surface area contributed by atoms with Crippen LogP contribution < -0.4 is 10.6 Å². The van der Waals surface area contributed by atoms with Crippen LogP contribution in [-0.4, -0.2) is 48.6 Å². The second-order valence-corrected chi connectivity index (χ2v) is 8.14. The number of carbonyl (C=O) groups is 1. The van der Waals surface area contributed by atoms with Crippen LogP contribution in [0.25, 0.3) is 0 Å². The average molecular weight is 393 g/mol. The summed E-state index contributed by atoms with van der Waals surface area (Å²) in [7, 11) is 0. The summed E-state index contributed by atoms with van der Waals surface area (Å²) < 4.78 is 0. The number of carbonyl (C=O) groups excluding carboxylic acids is 1. The molecular formula is C24H32N4O. The highest BCUT2D eigenvalue weighted by Gasteiger charge is 2.23. The summed E-state index contributed by atoms with van der Waals surface area (Å²) in [6.07, 6.45) is 2.02. The molecule has 1 heterocycles. The number of fused-ring (bicyclic) bond motifs is 1. The van der Waals surface area contributed by atoms with Crippen LogP contribution in [0.4, 0.5) is 4.79 Å². The van der Waals surface area contributed by atoms with Gasteiger partial charge in [0.2, 0.25) is 0 Å². The van der Waals surface area contributed by atoms with Crippen molar-refractivity contribution in [2.45, 2.75) is 38.9 Å². The van der Waals surface area contributed by atoms with E-state index in [4.69, 9.17) is 0 Å². The Hall–Kier alpha value is -2.37. The maximum absolute atomic E-state index is 12.3. The zero-order valence-electron chi connectivity index (χ0n) is 17.4. The molecule has 2 aromatic carbocycles. The van der Waals surface area contributed by atoms with Crippen LogP contribution in [-0.2, 0) is 19.5 Å². The van der Waals surface area contributed by atoms with Crippen molar-refractivity contribution in [1.82, 2.24) is 20.4 Å². The third-order valence-corrected chi connectivity index (χ3v) is 6.23. The number of amides is 2. The van der Waals surface area contributed by atoms with Gasteiger partial charge in [0.15, 0.2) is 0 Å². The minimum Gasteiger partial charge on any atom is -0.334 e. The summed E-state index contributed by atoms with van der Waals surface area (Å²) in [4.78, 5) is 17.4. The summed E-state index contributed by atoms with van der Waals surface area (Å²) in [6, 6.07) is 17.0. The highest BCUT2D eigenvalue weighted by molar-refractivity contribution is 5.74. The smallest absolute Gasteiger partial charge is 0.315 e. The fraction of sp³-hybridized carbons (Fsp3) is 0.458. The molecule has 0 aromatic heterocycles. The number of nitrogens with zero attached hydrogens (tertiary/aromatic N) is 2. The van der Waals surface area contributed by atoms with Crippen LogP contribution in [0, 0.1) is 0 Å². The number of aryl methyl sites for hydroxylation is 1. The number of hydrogen-bond acceptors (Lipinski definition) is 3. The van der Waals surface area contributed by atoms with E-state index in [2.05, 4.69) is 69.8 Å². The highest BCUT2D eigenvalue weighted by Crippen LogP contribution is 2.30. The van der Waals surface area contributed by atoms with Crippen molar-refractivity contribution in [3.05, 3.63) is 70.8 Å². The molecule has 2 amide bonds. The number of rotatable bonds is 6. The van der Waals surface area contributed by atoms with Crippen LogP contribution in [0.1, 0.15) is 41.6 Å². The molecule has 2 N–H and O–H groups in total. The Kier molecular flexibility index (Phi) is 6.47. The molecule has 0 bridgehead atoms. The molecule has 1 aliphatic carbocycles. The van der Waals surface area contributed by atoms with Gasteiger partial charge in [-0.25, -0.2) is 4.79 Å². The van der Waals surface area contributed by atoms with Gasteiger partial charge in [0.1, 0.15) is 0 Å². The standard InChI is InChI=1S/C24H32N4O/c1-2-27-13-15-28(16-14-27)18-20-9-7-19(8-10-20)17-25-24(29)26-23-12-11-21-5-3-4-6-22(21)23/h3-10,23H,2,11-18H2,1H3,(H2,25,26,29)/t23-/m1/s1. The summed E-state index contributed by atoms with van der Waals surface area (Å²) in [5.41, 5.74) is 5.08. The van der Waals surface area contributed by atoms with Gasteiger partial charge in [-0.15, -0.1) is 0 Å². The predicted octanol–water partition coefficient (Wildman–Crippen LogP) is 3.31. The molecule has 29 heavy (non-hydrogen) atoms. The second kappa shape index (κ2) is 9.42. The van der Waals surface area contributed by atoms with E-state index in [-0.39, 0.29) is 12.1 Å². The van der Waals surface area contributed by atoms with Crippen LogP contribution in [0.2, 0.25) is 0 Å². The Morgan fingerprint density at radius 3 is 2.41 bits per heavy atom. The number of hydrogen-bond donors (Lipinski definition) is 2. The molecule has 0 spiro atoms. The quantitative estimate of drug-likeness (QED) is 0.793. The van der Waals surface area contributed by atoms with Gasteiger partial charge in [-0.3, -0.25) is 4.90 Å². The van der Waals surface area contributed by atoms with Gasteiger partial charge in [0.25, 0.3) is 0 Å². The molecule has 1 saturated heterocycles. The maximum atomic E-state index is 12.3. The lowest BCUT2D eigenvalue weighted by Crippen LogP contribution is -2.45. The Morgan fingerprint density at radius 1 is 0.966 bits per heavy atom. The van der Waals surface area contributed by atoms with E-state index in [1.807, 2.05) is 6.07 Å². The Balaban J connectivity index is 1.22. The first-order valence-corrected chi connectivity index (χ1v) is 10.9. The molecule has 1 atom stereocenters. The molecule has 0 saturated carbocycles. The van der Waals surface area contributed by atoms with Gasteiger partial charge < -0.3 is 15.5 Å². The Labute approximate surface area is 174 Å². The summed E-state index contributed by atoms with van der Waals surface area (Å²) in [5, 5.41) is 6.12. The van der Waals surface area contributed by atoms with Gasteiger partial charge in [0.05, 0.1) is 6.04 Å². The van der Waals surface area contributed by atoms with Gasteiger partial charge in [-0.1, -0.05) is 55.5 Å². The van der Waals surface area contributed by atoms with Crippen LogP contribution in [0.5, 0.6) is 0 Å². The fourth-order valence-electron chi connectivity index (χ4n) is 4.38. The normalized spacial score (nSPS) is 19.7. The van der Waals surface area contributed by atoms with Crippen molar-refractivity contribution in [2.75, 3.05) is 32.7 Å². The number of likely N-dealkylation sites (N-methyl/N-ethyl adjacent to an activating group) is 1. The van der Waals surface area contributed by atoms with E-state index in [1.54, 1.807) is 0 Å². The zero-order valence-corrected chi connectivity index (χ0v) is 17.4. The van der Waals surface area contributed by atoms with Gasteiger partial charge in [-0.05, 0) is 41.6 Å². The summed E-state index contributed by atoms with van der Waals surface area (Å²) in [5.74, 6) is 0. The summed E-state index contributed by atoms with van der Waals surface area (Å²) >= 11 is 0. The van der Waals surface area contributed by atoms with Crippen LogP contribution in [0.3, 0.4) is 0 Å². The molecule has 0 unspecified atom stereocenters. The fourth-order valence-corrected chi connectivity index (χ4v) is 4.38. The minimum absolute atomic E-state index is 0.0930. The Bertz CT molecular complexity index is 812. The maximum Gasteiger partial charge on any atom is 0.315 e. The van der Waals surface area contributed by atoms with E-state index < -0.39 is 0 Å². The lowest BCUT2D eigenvalue weighted by molar-refractivity contribution is 0.132.